The maximum absolute atomic E-state index is 4.51. The van der Waals surface area contributed by atoms with Gasteiger partial charge in [-0.05, 0) is 113 Å². The third-order valence-electron chi connectivity index (χ3n) is 11.1. The van der Waals surface area contributed by atoms with Gasteiger partial charge in [0.05, 0.1) is 0 Å². The molecule has 8 rings (SSSR count). The lowest BCUT2D eigenvalue weighted by atomic mass is 9.77. The molecule has 0 amide bonds. The van der Waals surface area contributed by atoms with Crippen LogP contribution in [0.15, 0.2) is 207 Å². The van der Waals surface area contributed by atoms with E-state index < -0.39 is 0 Å². The Morgan fingerprint density at radius 2 is 1.02 bits per heavy atom. The van der Waals surface area contributed by atoms with E-state index in [9.17, 15) is 0 Å². The first-order chi connectivity index (χ1) is 28.3. The number of unbranched alkanes of at least 4 members (excludes halogenated alkanes) is 1. The van der Waals surface area contributed by atoms with Crippen molar-refractivity contribution in [1.29, 1.82) is 0 Å². The summed E-state index contributed by atoms with van der Waals surface area (Å²) in [5.41, 5.74) is 13.8. The van der Waals surface area contributed by atoms with Gasteiger partial charge < -0.3 is 0 Å². The van der Waals surface area contributed by atoms with E-state index in [-0.39, 0.29) is 12.8 Å². The van der Waals surface area contributed by atoms with Crippen LogP contribution >= 0.6 is 0 Å². The van der Waals surface area contributed by atoms with Crippen LogP contribution in [0.1, 0.15) is 86.9 Å². The summed E-state index contributed by atoms with van der Waals surface area (Å²) in [7, 11) is 0. The molecule has 0 spiro atoms. The molecule has 0 saturated carbocycles. The second-order valence-electron chi connectivity index (χ2n) is 15.8. The third kappa shape index (κ3) is 9.63. The fraction of sp³-hybridized carbons (Fsp3) is 0.153. The van der Waals surface area contributed by atoms with Crippen LogP contribution in [0.3, 0.4) is 0 Å². The van der Waals surface area contributed by atoms with Crippen LogP contribution in [0.5, 0.6) is 0 Å². The summed E-state index contributed by atoms with van der Waals surface area (Å²) in [6.07, 6.45) is 7.37. The van der Waals surface area contributed by atoms with Crippen LogP contribution in [-0.2, 0) is 5.41 Å². The standard InChI is InChI=1S/C54H44.C4H10.CH4/c1-38-32-33-46(48-30-16-24-41-22-11-13-28-47(41)48)36-50(38)52(37-54(3,4)53-31-17-25-42-23-12-14-29-49(42)53)45-27-15-26-44(35-45)51(43-20-9-6-10-21-43)34-39(2)40-18-7-5-8-19-40;1-3-4-2;/h5-37H,2H2,1,3-4H3;3-4H2,1-2H3;1H4/b51-34-,52-37-;;. The molecule has 0 heterocycles. The molecule has 0 aliphatic carbocycles. The first-order valence-electron chi connectivity index (χ1n) is 20.7. The highest BCUT2D eigenvalue weighted by Gasteiger charge is 2.24. The minimum atomic E-state index is -0.298. The molecule has 0 aliphatic rings. The summed E-state index contributed by atoms with van der Waals surface area (Å²) < 4.78 is 0. The Morgan fingerprint density at radius 1 is 0.508 bits per heavy atom. The Balaban J connectivity index is 0.00000112. The molecule has 0 atom stereocenters. The monoisotopic (exact) mass is 766 g/mol. The highest BCUT2D eigenvalue weighted by molar-refractivity contribution is 5.98. The normalized spacial score (nSPS) is 11.7. The van der Waals surface area contributed by atoms with Crippen molar-refractivity contribution < 1.29 is 0 Å². The van der Waals surface area contributed by atoms with Crippen molar-refractivity contribution in [3.63, 3.8) is 0 Å². The average Bonchev–Trinajstić information content (AvgIpc) is 3.28. The number of fused-ring (bicyclic) bond motifs is 2. The van der Waals surface area contributed by atoms with E-state index in [1.54, 1.807) is 0 Å². The van der Waals surface area contributed by atoms with Gasteiger partial charge >= 0.3 is 0 Å². The molecule has 0 bridgehead atoms. The van der Waals surface area contributed by atoms with Crippen molar-refractivity contribution in [2.75, 3.05) is 0 Å². The van der Waals surface area contributed by atoms with Crippen molar-refractivity contribution in [1.82, 2.24) is 0 Å². The van der Waals surface area contributed by atoms with Crippen molar-refractivity contribution in [2.45, 2.75) is 60.3 Å². The zero-order chi connectivity index (χ0) is 40.5. The number of hydrogen-bond acceptors (Lipinski definition) is 0. The number of allylic oxidation sites excluding steroid dienone is 3. The number of rotatable bonds is 10. The number of hydrogen-bond donors (Lipinski definition) is 0. The van der Waals surface area contributed by atoms with Gasteiger partial charge in [0, 0.05) is 5.41 Å². The first-order valence-corrected chi connectivity index (χ1v) is 20.7. The topological polar surface area (TPSA) is 0 Å². The fourth-order valence-electron chi connectivity index (χ4n) is 7.81. The Bertz CT molecular complexity index is 2710. The lowest BCUT2D eigenvalue weighted by Crippen LogP contribution is -2.15. The van der Waals surface area contributed by atoms with Crippen molar-refractivity contribution in [2.24, 2.45) is 0 Å². The van der Waals surface area contributed by atoms with Gasteiger partial charge in [-0.3, -0.25) is 0 Å². The largest absolute Gasteiger partial charge is 0.0911 e. The van der Waals surface area contributed by atoms with Crippen molar-refractivity contribution >= 4 is 38.3 Å². The molecule has 0 aliphatic heterocycles. The van der Waals surface area contributed by atoms with E-state index in [4.69, 9.17) is 0 Å². The molecule has 0 nitrogen and oxygen atoms in total. The van der Waals surface area contributed by atoms with Crippen molar-refractivity contribution in [3.05, 3.63) is 246 Å². The second-order valence-corrected chi connectivity index (χ2v) is 15.8. The van der Waals surface area contributed by atoms with Crippen LogP contribution in [0.25, 0.3) is 49.4 Å². The molecule has 0 heteroatoms. The van der Waals surface area contributed by atoms with E-state index in [0.717, 1.165) is 27.8 Å². The maximum Gasteiger partial charge on any atom is 0.00908 e. The summed E-state index contributed by atoms with van der Waals surface area (Å²) in [5, 5.41) is 5.04. The van der Waals surface area contributed by atoms with Gasteiger partial charge in [-0.15, -0.1) is 0 Å². The molecule has 59 heavy (non-hydrogen) atoms. The van der Waals surface area contributed by atoms with Crippen LogP contribution in [0, 0.1) is 6.92 Å². The Hall–Kier alpha value is -6.50. The molecule has 8 aromatic rings. The highest BCUT2D eigenvalue weighted by Crippen LogP contribution is 2.40. The number of aryl methyl sites for hydroxylation is 1. The second kappa shape index (κ2) is 19.3. The van der Waals surface area contributed by atoms with Gasteiger partial charge in [-0.2, -0.15) is 0 Å². The molecule has 294 valence electrons. The SMILES string of the molecule is C.C=C(/C=C(/c1ccccc1)c1cccc(/C(=C/C(C)(C)c2cccc3ccccc23)c2cc(-c3cccc4ccccc34)ccc2C)c1)c1ccccc1.CCCC. The lowest BCUT2D eigenvalue weighted by molar-refractivity contribution is 0.678. The molecule has 0 unspecified atom stereocenters. The Morgan fingerprint density at radius 3 is 1.68 bits per heavy atom. The third-order valence-corrected chi connectivity index (χ3v) is 11.1. The van der Waals surface area contributed by atoms with Gasteiger partial charge in [-0.25, -0.2) is 0 Å². The van der Waals surface area contributed by atoms with E-state index in [0.29, 0.717) is 0 Å². The molecule has 0 radical (unpaired) electrons. The minimum Gasteiger partial charge on any atom is -0.0911 e. The van der Waals surface area contributed by atoms with Crippen LogP contribution in [0.4, 0.5) is 0 Å². The summed E-state index contributed by atoms with van der Waals surface area (Å²) in [5.74, 6) is 0. The highest BCUT2D eigenvalue weighted by atomic mass is 14.3. The fourth-order valence-corrected chi connectivity index (χ4v) is 7.81. The van der Waals surface area contributed by atoms with E-state index in [1.165, 1.54) is 73.3 Å². The molecule has 8 aromatic carbocycles. The quantitative estimate of drug-likeness (QED) is 0.122. The van der Waals surface area contributed by atoms with Crippen LogP contribution in [-0.4, -0.2) is 0 Å². The summed E-state index contributed by atoms with van der Waals surface area (Å²) in [4.78, 5) is 0. The lowest BCUT2D eigenvalue weighted by Gasteiger charge is -2.26. The summed E-state index contributed by atoms with van der Waals surface area (Å²) in [6, 6.07) is 67.9. The molecule has 0 N–H and O–H groups in total. The van der Waals surface area contributed by atoms with E-state index >= 15 is 0 Å². The maximum atomic E-state index is 4.51. The molecule has 0 aromatic heterocycles. The smallest absolute Gasteiger partial charge is 0.00908 e. The predicted octanol–water partition coefficient (Wildman–Crippen LogP) is 17.0. The van der Waals surface area contributed by atoms with E-state index in [1.807, 2.05) is 6.07 Å². The zero-order valence-electron chi connectivity index (χ0n) is 34.7. The van der Waals surface area contributed by atoms with Gasteiger partial charge in [-0.1, -0.05) is 237 Å². The Kier molecular flexibility index (Phi) is 13.8. The summed E-state index contributed by atoms with van der Waals surface area (Å²) >= 11 is 0. The van der Waals surface area contributed by atoms with E-state index in [2.05, 4.69) is 235 Å². The van der Waals surface area contributed by atoms with Crippen LogP contribution < -0.4 is 0 Å². The first kappa shape index (κ1) is 42.1. The summed E-state index contributed by atoms with van der Waals surface area (Å²) in [6.45, 7) is 15.8. The zero-order valence-corrected chi connectivity index (χ0v) is 34.7. The molecular weight excluding hydrogens is 709 g/mol. The number of benzene rings is 8. The van der Waals surface area contributed by atoms with Crippen LogP contribution in [0.2, 0.25) is 0 Å². The van der Waals surface area contributed by atoms with Gasteiger partial charge in [0.25, 0.3) is 0 Å². The van der Waals surface area contributed by atoms with Gasteiger partial charge in [0.1, 0.15) is 0 Å². The minimum absolute atomic E-state index is 0. The Labute approximate surface area is 353 Å². The molecule has 0 fully saturated rings. The van der Waals surface area contributed by atoms with Crippen molar-refractivity contribution in [3.8, 4) is 11.1 Å². The predicted molar refractivity (Wildman–Crippen MR) is 261 cm³/mol. The van der Waals surface area contributed by atoms with Gasteiger partial charge in [0.2, 0.25) is 0 Å². The average molecular weight is 767 g/mol. The molecular formula is C59H58. The van der Waals surface area contributed by atoms with Gasteiger partial charge in [0.15, 0.2) is 0 Å². The molecule has 0 saturated heterocycles.